The van der Waals surface area contributed by atoms with Gasteiger partial charge in [0.25, 0.3) is 0 Å². The first kappa shape index (κ1) is 13.8. The van der Waals surface area contributed by atoms with Crippen molar-refractivity contribution < 1.29 is 0 Å². The number of benzene rings is 2. The van der Waals surface area contributed by atoms with E-state index in [1.54, 1.807) is 0 Å². The summed E-state index contributed by atoms with van der Waals surface area (Å²) in [5.74, 6) is 0. The summed E-state index contributed by atoms with van der Waals surface area (Å²) in [4.78, 5) is 0. The van der Waals surface area contributed by atoms with Gasteiger partial charge in [0.1, 0.15) is 0 Å². The maximum atomic E-state index is 3.78. The topological polar surface area (TPSA) is 12.0 Å². The van der Waals surface area contributed by atoms with E-state index in [0.717, 1.165) is 0 Å². The van der Waals surface area contributed by atoms with Gasteiger partial charge >= 0.3 is 0 Å². The second-order valence-corrected chi connectivity index (χ2v) is 6.65. The molecule has 0 saturated carbocycles. The molecule has 0 heterocycles. The predicted octanol–water partition coefficient (Wildman–Crippen LogP) is 5.10. The second kappa shape index (κ2) is 5.71. The van der Waals surface area contributed by atoms with Crippen molar-refractivity contribution >= 4 is 15.9 Å². The van der Waals surface area contributed by atoms with Gasteiger partial charge in [-0.05, 0) is 55.5 Å². The smallest absolute Gasteiger partial charge is 0.0331 e. The van der Waals surface area contributed by atoms with Crippen LogP contribution in [-0.2, 0) is 6.42 Å². The molecule has 2 heteroatoms. The van der Waals surface area contributed by atoms with E-state index in [-0.39, 0.29) is 0 Å². The minimum absolute atomic E-state index is 0.384. The molecule has 1 aliphatic carbocycles. The molecule has 0 saturated heterocycles. The first-order chi connectivity index (χ1) is 9.63. The fraction of sp³-hybridized carbons (Fsp3) is 0.333. The molecule has 0 aromatic heterocycles. The van der Waals surface area contributed by atoms with E-state index >= 15 is 0 Å². The van der Waals surface area contributed by atoms with Gasteiger partial charge < -0.3 is 5.32 Å². The summed E-state index contributed by atoms with van der Waals surface area (Å²) in [6, 6.07) is 16.3. The predicted molar refractivity (Wildman–Crippen MR) is 87.9 cm³/mol. The molecule has 0 bridgehead atoms. The highest BCUT2D eigenvalue weighted by Gasteiger charge is 2.23. The Morgan fingerprint density at radius 3 is 2.85 bits per heavy atom. The first-order valence-corrected chi connectivity index (χ1v) is 8.04. The Morgan fingerprint density at radius 2 is 2.05 bits per heavy atom. The molecule has 2 atom stereocenters. The Labute approximate surface area is 129 Å². The third-order valence-corrected chi connectivity index (χ3v) is 4.67. The van der Waals surface area contributed by atoms with E-state index in [1.807, 2.05) is 0 Å². The van der Waals surface area contributed by atoms with Crippen LogP contribution in [0, 0.1) is 6.92 Å². The van der Waals surface area contributed by atoms with Crippen LogP contribution in [0.5, 0.6) is 0 Å². The van der Waals surface area contributed by atoms with Crippen LogP contribution < -0.4 is 5.32 Å². The van der Waals surface area contributed by atoms with Crippen LogP contribution in [0.4, 0.5) is 0 Å². The number of hydrogen-bond donors (Lipinski definition) is 1. The molecule has 0 spiro atoms. The summed E-state index contributed by atoms with van der Waals surface area (Å²) >= 11 is 3.56. The highest BCUT2D eigenvalue weighted by atomic mass is 79.9. The minimum Gasteiger partial charge on any atom is -0.303 e. The van der Waals surface area contributed by atoms with E-state index in [2.05, 4.69) is 77.6 Å². The molecular formula is C18H20BrN. The lowest BCUT2D eigenvalue weighted by Gasteiger charge is -2.21. The SMILES string of the molecule is Cc1cccc([C@@H](C)NC2CCc3cc(Br)ccc32)c1. The Morgan fingerprint density at radius 1 is 1.20 bits per heavy atom. The summed E-state index contributed by atoms with van der Waals surface area (Å²) in [7, 11) is 0. The summed E-state index contributed by atoms with van der Waals surface area (Å²) in [6.07, 6.45) is 2.37. The second-order valence-electron chi connectivity index (χ2n) is 5.74. The summed E-state index contributed by atoms with van der Waals surface area (Å²) in [5, 5.41) is 3.78. The van der Waals surface area contributed by atoms with E-state index in [9.17, 15) is 0 Å². The molecule has 2 aromatic carbocycles. The molecule has 20 heavy (non-hydrogen) atoms. The van der Waals surface area contributed by atoms with E-state index in [0.29, 0.717) is 12.1 Å². The Kier molecular flexibility index (Phi) is 3.95. The number of halogens is 1. The Bertz CT molecular complexity index is 621. The van der Waals surface area contributed by atoms with E-state index in [1.165, 1.54) is 39.6 Å². The zero-order valence-electron chi connectivity index (χ0n) is 12.0. The van der Waals surface area contributed by atoms with Gasteiger partial charge in [0.2, 0.25) is 0 Å². The molecule has 1 nitrogen and oxygen atoms in total. The first-order valence-electron chi connectivity index (χ1n) is 7.24. The van der Waals surface area contributed by atoms with Gasteiger partial charge in [-0.2, -0.15) is 0 Å². The number of fused-ring (bicyclic) bond motifs is 1. The lowest BCUT2D eigenvalue weighted by atomic mass is 10.0. The minimum atomic E-state index is 0.384. The average molecular weight is 330 g/mol. The van der Waals surface area contributed by atoms with Gasteiger partial charge in [-0.1, -0.05) is 51.8 Å². The molecule has 0 fully saturated rings. The molecule has 0 amide bonds. The van der Waals surface area contributed by atoms with E-state index in [4.69, 9.17) is 0 Å². The lowest BCUT2D eigenvalue weighted by molar-refractivity contribution is 0.465. The largest absolute Gasteiger partial charge is 0.303 e. The monoisotopic (exact) mass is 329 g/mol. The van der Waals surface area contributed by atoms with Crippen molar-refractivity contribution in [2.45, 2.75) is 38.8 Å². The molecular weight excluding hydrogens is 310 g/mol. The van der Waals surface area contributed by atoms with Gasteiger partial charge in [-0.25, -0.2) is 0 Å². The van der Waals surface area contributed by atoms with Crippen LogP contribution >= 0.6 is 15.9 Å². The molecule has 0 radical (unpaired) electrons. The number of aryl methyl sites for hydroxylation is 2. The normalized spacial score (nSPS) is 18.9. The molecule has 104 valence electrons. The lowest BCUT2D eigenvalue weighted by Crippen LogP contribution is -2.23. The van der Waals surface area contributed by atoms with Crippen molar-refractivity contribution in [1.29, 1.82) is 0 Å². The van der Waals surface area contributed by atoms with Crippen LogP contribution in [-0.4, -0.2) is 0 Å². The van der Waals surface area contributed by atoms with Gasteiger partial charge in [0.15, 0.2) is 0 Å². The van der Waals surface area contributed by atoms with Crippen molar-refractivity contribution in [3.8, 4) is 0 Å². The van der Waals surface area contributed by atoms with E-state index < -0.39 is 0 Å². The van der Waals surface area contributed by atoms with Gasteiger partial charge in [-0.3, -0.25) is 0 Å². The van der Waals surface area contributed by atoms with Crippen LogP contribution in [0.3, 0.4) is 0 Å². The molecule has 2 aromatic rings. The van der Waals surface area contributed by atoms with Gasteiger partial charge in [0.05, 0.1) is 0 Å². The van der Waals surface area contributed by atoms with Crippen molar-refractivity contribution in [2.75, 3.05) is 0 Å². The van der Waals surface area contributed by atoms with Crippen molar-refractivity contribution in [3.63, 3.8) is 0 Å². The number of hydrogen-bond acceptors (Lipinski definition) is 1. The van der Waals surface area contributed by atoms with Crippen molar-refractivity contribution in [3.05, 3.63) is 69.2 Å². The Balaban J connectivity index is 1.77. The van der Waals surface area contributed by atoms with Crippen LogP contribution in [0.1, 0.15) is 47.7 Å². The third kappa shape index (κ3) is 2.82. The highest BCUT2D eigenvalue weighted by Crippen LogP contribution is 2.34. The van der Waals surface area contributed by atoms with Crippen LogP contribution in [0.2, 0.25) is 0 Å². The zero-order valence-corrected chi connectivity index (χ0v) is 13.6. The molecule has 3 rings (SSSR count). The average Bonchev–Trinajstić information content (AvgIpc) is 2.81. The number of nitrogens with one attached hydrogen (secondary N) is 1. The standard InChI is InChI=1S/C18H20BrN/c1-12-4-3-5-14(10-12)13(2)20-18-9-6-15-11-16(19)7-8-17(15)18/h3-5,7-8,10-11,13,18,20H,6,9H2,1-2H3/t13-,18?/m1/s1. The summed E-state index contributed by atoms with van der Waals surface area (Å²) in [6.45, 7) is 4.41. The fourth-order valence-corrected chi connectivity index (χ4v) is 3.51. The van der Waals surface area contributed by atoms with Gasteiger partial charge in [-0.15, -0.1) is 0 Å². The quantitative estimate of drug-likeness (QED) is 0.826. The van der Waals surface area contributed by atoms with Crippen molar-refractivity contribution in [2.24, 2.45) is 0 Å². The summed E-state index contributed by atoms with van der Waals surface area (Å²) < 4.78 is 1.18. The van der Waals surface area contributed by atoms with Gasteiger partial charge in [0, 0.05) is 16.6 Å². The fourth-order valence-electron chi connectivity index (χ4n) is 3.10. The van der Waals surface area contributed by atoms with Crippen LogP contribution in [0.15, 0.2) is 46.9 Å². The van der Waals surface area contributed by atoms with Crippen LogP contribution in [0.25, 0.3) is 0 Å². The maximum absolute atomic E-state index is 3.78. The molecule has 0 aliphatic heterocycles. The number of rotatable bonds is 3. The maximum Gasteiger partial charge on any atom is 0.0331 e. The Hall–Kier alpha value is -1.12. The molecule has 1 unspecified atom stereocenters. The molecule has 1 N–H and O–H groups in total. The van der Waals surface area contributed by atoms with Crippen molar-refractivity contribution in [1.82, 2.24) is 5.32 Å². The molecule has 1 aliphatic rings. The summed E-state index contributed by atoms with van der Waals surface area (Å²) in [5.41, 5.74) is 5.64. The third-order valence-electron chi connectivity index (χ3n) is 4.18. The highest BCUT2D eigenvalue weighted by molar-refractivity contribution is 9.10. The zero-order chi connectivity index (χ0) is 14.1.